The van der Waals surface area contributed by atoms with Gasteiger partial charge in [0.1, 0.15) is 12.6 Å². The van der Waals surface area contributed by atoms with E-state index in [1.165, 1.54) is 17.0 Å². The van der Waals surface area contributed by atoms with E-state index in [1.807, 2.05) is 26.0 Å². The number of sulfonamides is 1. The van der Waals surface area contributed by atoms with Gasteiger partial charge in [0, 0.05) is 23.1 Å². The van der Waals surface area contributed by atoms with Crippen LogP contribution in [0.5, 0.6) is 0 Å². The number of amides is 2. The minimum absolute atomic E-state index is 0.0152. The van der Waals surface area contributed by atoms with Gasteiger partial charge in [0.05, 0.1) is 10.6 Å². The minimum Gasteiger partial charge on any atom is -0.355 e. The summed E-state index contributed by atoms with van der Waals surface area (Å²) in [5.41, 5.74) is 1.95. The number of nitrogens with zero attached hydrogens (tertiary/aromatic N) is 2. The zero-order valence-electron chi connectivity index (χ0n) is 22.4. The summed E-state index contributed by atoms with van der Waals surface area (Å²) >= 11 is 12.4. The van der Waals surface area contributed by atoms with E-state index >= 15 is 0 Å². The average molecular weight is 591 g/mol. The summed E-state index contributed by atoms with van der Waals surface area (Å²) in [6.45, 7) is 7.30. The van der Waals surface area contributed by atoms with Gasteiger partial charge in [-0.2, -0.15) is 0 Å². The standard InChI is InChI=1S/C29H33Cl2N3O4S/c1-5-32-29(36)21(4)33(18-23-11-14-24(30)17-27(23)31)28(35)19-34(25-15-12-22(13-16-25)20(2)3)39(37,38)26-9-7-6-8-10-26/h6-17,20-21H,5,18-19H2,1-4H3,(H,32,36)/t21-/m1/s1. The van der Waals surface area contributed by atoms with Crippen LogP contribution in [0.25, 0.3) is 0 Å². The van der Waals surface area contributed by atoms with Crippen molar-refractivity contribution in [2.24, 2.45) is 0 Å². The Balaban J connectivity index is 2.05. The van der Waals surface area contributed by atoms with E-state index in [1.54, 1.807) is 62.4 Å². The van der Waals surface area contributed by atoms with Crippen molar-refractivity contribution >= 4 is 50.7 Å². The predicted molar refractivity (Wildman–Crippen MR) is 157 cm³/mol. The van der Waals surface area contributed by atoms with Gasteiger partial charge >= 0.3 is 0 Å². The van der Waals surface area contributed by atoms with Crippen LogP contribution in [0.4, 0.5) is 5.69 Å². The molecule has 0 spiro atoms. The van der Waals surface area contributed by atoms with Gasteiger partial charge in [-0.15, -0.1) is 0 Å². The van der Waals surface area contributed by atoms with Gasteiger partial charge < -0.3 is 10.2 Å². The maximum Gasteiger partial charge on any atom is 0.264 e. The number of benzene rings is 3. The van der Waals surface area contributed by atoms with E-state index in [2.05, 4.69) is 5.32 Å². The fraction of sp³-hybridized carbons (Fsp3) is 0.310. The van der Waals surface area contributed by atoms with Gasteiger partial charge in [-0.25, -0.2) is 8.42 Å². The largest absolute Gasteiger partial charge is 0.355 e. The molecular formula is C29H33Cl2N3O4S. The number of hydrogen-bond acceptors (Lipinski definition) is 4. The van der Waals surface area contributed by atoms with Gasteiger partial charge in [-0.1, -0.05) is 73.4 Å². The van der Waals surface area contributed by atoms with E-state index in [0.717, 1.165) is 9.87 Å². The van der Waals surface area contributed by atoms with Crippen LogP contribution in [0.3, 0.4) is 0 Å². The highest BCUT2D eigenvalue weighted by Gasteiger charge is 2.32. The Bertz CT molecular complexity index is 1400. The zero-order chi connectivity index (χ0) is 28.7. The third-order valence-corrected chi connectivity index (χ3v) is 8.71. The van der Waals surface area contributed by atoms with Crippen molar-refractivity contribution in [3.05, 3.63) is 94.0 Å². The molecule has 2 amide bonds. The van der Waals surface area contributed by atoms with Crippen molar-refractivity contribution in [3.63, 3.8) is 0 Å². The summed E-state index contributed by atoms with van der Waals surface area (Å²) in [6, 6.07) is 19.0. The van der Waals surface area contributed by atoms with E-state index in [4.69, 9.17) is 23.2 Å². The normalized spacial score (nSPS) is 12.2. The Morgan fingerprint density at radius 3 is 2.13 bits per heavy atom. The first-order valence-corrected chi connectivity index (χ1v) is 14.8. The molecule has 0 saturated carbocycles. The molecule has 0 heterocycles. The smallest absolute Gasteiger partial charge is 0.264 e. The number of anilines is 1. The molecule has 7 nitrogen and oxygen atoms in total. The number of nitrogens with one attached hydrogen (secondary N) is 1. The summed E-state index contributed by atoms with van der Waals surface area (Å²) in [6.07, 6.45) is 0. The van der Waals surface area contributed by atoms with E-state index < -0.39 is 28.5 Å². The lowest BCUT2D eigenvalue weighted by Gasteiger charge is -2.32. The molecule has 39 heavy (non-hydrogen) atoms. The molecule has 0 fully saturated rings. The molecule has 3 aromatic carbocycles. The summed E-state index contributed by atoms with van der Waals surface area (Å²) < 4.78 is 28.7. The minimum atomic E-state index is -4.12. The second-order valence-corrected chi connectivity index (χ2v) is 12.1. The van der Waals surface area contributed by atoms with Crippen molar-refractivity contribution in [2.75, 3.05) is 17.4 Å². The first-order chi connectivity index (χ1) is 18.4. The fourth-order valence-corrected chi connectivity index (χ4v) is 5.92. The lowest BCUT2D eigenvalue weighted by molar-refractivity contribution is -0.139. The monoisotopic (exact) mass is 589 g/mol. The van der Waals surface area contributed by atoms with Crippen molar-refractivity contribution in [3.8, 4) is 0 Å². The summed E-state index contributed by atoms with van der Waals surface area (Å²) in [5.74, 6) is -0.681. The number of halogens is 2. The van der Waals surface area contributed by atoms with Crippen molar-refractivity contribution in [2.45, 2.75) is 51.1 Å². The SMILES string of the molecule is CCNC(=O)[C@@H](C)N(Cc1ccc(Cl)cc1Cl)C(=O)CN(c1ccc(C(C)C)cc1)S(=O)(=O)c1ccccc1. The lowest BCUT2D eigenvalue weighted by atomic mass is 10.0. The van der Waals surface area contributed by atoms with Crippen LogP contribution in [0.1, 0.15) is 44.7 Å². The highest BCUT2D eigenvalue weighted by Crippen LogP contribution is 2.27. The molecule has 0 radical (unpaired) electrons. The molecule has 0 aliphatic rings. The predicted octanol–water partition coefficient (Wildman–Crippen LogP) is 5.87. The van der Waals surface area contributed by atoms with E-state index in [9.17, 15) is 18.0 Å². The lowest BCUT2D eigenvalue weighted by Crippen LogP contribution is -2.51. The fourth-order valence-electron chi connectivity index (χ4n) is 4.01. The maximum atomic E-state index is 13.9. The molecular weight excluding hydrogens is 557 g/mol. The van der Waals surface area contributed by atoms with Crippen LogP contribution in [0.2, 0.25) is 10.0 Å². The molecule has 0 bridgehead atoms. The van der Waals surface area contributed by atoms with Crippen LogP contribution in [-0.2, 0) is 26.2 Å². The van der Waals surface area contributed by atoms with Gasteiger partial charge in [0.25, 0.3) is 10.0 Å². The molecule has 3 aromatic rings. The molecule has 0 aliphatic heterocycles. The van der Waals surface area contributed by atoms with Crippen LogP contribution in [0, 0.1) is 0 Å². The van der Waals surface area contributed by atoms with Gasteiger partial charge in [0.15, 0.2) is 0 Å². The summed E-state index contributed by atoms with van der Waals surface area (Å²) in [4.78, 5) is 28.1. The number of hydrogen-bond donors (Lipinski definition) is 1. The molecule has 1 N–H and O–H groups in total. The second kappa shape index (κ2) is 13.3. The molecule has 1 atom stereocenters. The molecule has 0 aliphatic carbocycles. The number of carbonyl (C=O) groups is 2. The summed E-state index contributed by atoms with van der Waals surface area (Å²) in [7, 11) is -4.12. The molecule has 0 saturated heterocycles. The quantitative estimate of drug-likeness (QED) is 0.303. The molecule has 208 valence electrons. The third-order valence-electron chi connectivity index (χ3n) is 6.33. The van der Waals surface area contributed by atoms with Crippen LogP contribution in [0.15, 0.2) is 77.7 Å². The molecule has 10 heteroatoms. The maximum absolute atomic E-state index is 13.9. The average Bonchev–Trinajstić information content (AvgIpc) is 2.91. The Morgan fingerprint density at radius 2 is 1.56 bits per heavy atom. The van der Waals surface area contributed by atoms with Gasteiger partial charge in [-0.3, -0.25) is 13.9 Å². The van der Waals surface area contributed by atoms with Crippen molar-refractivity contribution < 1.29 is 18.0 Å². The Morgan fingerprint density at radius 1 is 0.923 bits per heavy atom. The van der Waals surface area contributed by atoms with Crippen LogP contribution in [-0.4, -0.2) is 44.3 Å². The molecule has 0 aromatic heterocycles. The first kappa shape index (κ1) is 30.5. The van der Waals surface area contributed by atoms with Crippen LogP contribution < -0.4 is 9.62 Å². The Hall–Kier alpha value is -3.07. The summed E-state index contributed by atoms with van der Waals surface area (Å²) in [5, 5.41) is 3.50. The Labute approximate surface area is 240 Å². The second-order valence-electron chi connectivity index (χ2n) is 9.40. The van der Waals surface area contributed by atoms with E-state index in [0.29, 0.717) is 27.8 Å². The molecule has 3 rings (SSSR count). The number of rotatable bonds is 11. The molecule has 0 unspecified atom stereocenters. The van der Waals surface area contributed by atoms with Crippen molar-refractivity contribution in [1.29, 1.82) is 0 Å². The Kier molecular flexibility index (Phi) is 10.4. The zero-order valence-corrected chi connectivity index (χ0v) is 24.7. The van der Waals surface area contributed by atoms with Crippen LogP contribution >= 0.6 is 23.2 Å². The first-order valence-electron chi connectivity index (χ1n) is 12.6. The highest BCUT2D eigenvalue weighted by atomic mass is 35.5. The number of carbonyl (C=O) groups excluding carboxylic acids is 2. The third kappa shape index (κ3) is 7.53. The van der Waals surface area contributed by atoms with E-state index in [-0.39, 0.29) is 23.3 Å². The van der Waals surface area contributed by atoms with Gasteiger partial charge in [0.2, 0.25) is 11.8 Å². The number of likely N-dealkylation sites (N-methyl/N-ethyl adjacent to an activating group) is 1. The highest BCUT2D eigenvalue weighted by molar-refractivity contribution is 7.92. The van der Waals surface area contributed by atoms with Gasteiger partial charge in [-0.05, 0) is 67.3 Å². The topological polar surface area (TPSA) is 86.8 Å². The van der Waals surface area contributed by atoms with Crippen molar-refractivity contribution in [1.82, 2.24) is 10.2 Å².